The number of aromatic amines is 1. The molecule has 166 valence electrons. The normalized spacial score (nSPS) is 15.2. The van der Waals surface area contributed by atoms with Gasteiger partial charge in [-0.15, -0.1) is 0 Å². The summed E-state index contributed by atoms with van der Waals surface area (Å²) >= 11 is 0. The van der Waals surface area contributed by atoms with Crippen molar-refractivity contribution in [3.05, 3.63) is 48.2 Å². The molecule has 0 radical (unpaired) electrons. The van der Waals surface area contributed by atoms with Crippen molar-refractivity contribution >= 4 is 28.7 Å². The van der Waals surface area contributed by atoms with Gasteiger partial charge in [0.1, 0.15) is 5.52 Å². The van der Waals surface area contributed by atoms with Crippen molar-refractivity contribution < 1.29 is 14.3 Å². The Morgan fingerprint density at radius 2 is 1.97 bits per heavy atom. The molecule has 0 amide bonds. The van der Waals surface area contributed by atoms with Gasteiger partial charge in [-0.05, 0) is 12.1 Å². The number of furan rings is 1. The van der Waals surface area contributed by atoms with Gasteiger partial charge in [-0.25, -0.2) is 4.98 Å². The standard InChI is InChI=1S/C22H25N7O3/c1-2-23-21(30)17-12-16-19(32-17)20(29-8-10-31-11-9-29)26-22(24-16)25-18-13-15(27-28-18)14-6-4-3-5-7-14/h3-7,12-13,21,23,30H,2,8-11H2,1H3,(H2,24,25,26,27,28). The lowest BCUT2D eigenvalue weighted by Crippen LogP contribution is -2.37. The SMILES string of the molecule is CCNC(O)c1cc2nc(Nc3cc(-c4ccccc4)[nH]n3)nc(N3CCOCC3)c2o1. The van der Waals surface area contributed by atoms with Crippen LogP contribution in [0.2, 0.25) is 0 Å². The van der Waals surface area contributed by atoms with E-state index in [1.54, 1.807) is 6.07 Å². The van der Waals surface area contributed by atoms with Crippen molar-refractivity contribution in [2.45, 2.75) is 13.2 Å². The fourth-order valence-electron chi connectivity index (χ4n) is 3.67. The molecular weight excluding hydrogens is 410 g/mol. The Hall–Kier alpha value is -3.47. The molecule has 3 aromatic heterocycles. The molecule has 1 aliphatic heterocycles. The molecule has 10 heteroatoms. The third-order valence-corrected chi connectivity index (χ3v) is 5.25. The maximum absolute atomic E-state index is 10.3. The number of nitrogens with zero attached hydrogens (tertiary/aromatic N) is 4. The fraction of sp³-hybridized carbons (Fsp3) is 0.318. The van der Waals surface area contributed by atoms with Gasteiger partial charge in [-0.3, -0.25) is 10.4 Å². The van der Waals surface area contributed by atoms with E-state index < -0.39 is 6.23 Å². The molecular formula is C22H25N7O3. The molecule has 0 bridgehead atoms. The van der Waals surface area contributed by atoms with Crippen molar-refractivity contribution in [2.24, 2.45) is 0 Å². The van der Waals surface area contributed by atoms with Crippen molar-refractivity contribution in [1.82, 2.24) is 25.5 Å². The molecule has 10 nitrogen and oxygen atoms in total. The smallest absolute Gasteiger partial charge is 0.231 e. The number of ether oxygens (including phenoxy) is 1. The minimum absolute atomic E-state index is 0.397. The van der Waals surface area contributed by atoms with Crippen LogP contribution in [0.3, 0.4) is 0 Å². The number of aliphatic hydroxyl groups is 1. The Kier molecular flexibility index (Phi) is 5.71. The van der Waals surface area contributed by atoms with E-state index in [9.17, 15) is 5.11 Å². The first-order valence-electron chi connectivity index (χ1n) is 10.6. The van der Waals surface area contributed by atoms with E-state index in [4.69, 9.17) is 14.1 Å². The summed E-state index contributed by atoms with van der Waals surface area (Å²) in [6.45, 7) is 5.13. The molecule has 1 unspecified atom stereocenters. The van der Waals surface area contributed by atoms with E-state index in [2.05, 4.69) is 30.7 Å². The van der Waals surface area contributed by atoms with Crippen molar-refractivity contribution in [2.75, 3.05) is 43.1 Å². The summed E-state index contributed by atoms with van der Waals surface area (Å²) in [5.74, 6) is 2.06. The van der Waals surface area contributed by atoms with Gasteiger partial charge >= 0.3 is 0 Å². The number of rotatable bonds is 7. The van der Waals surface area contributed by atoms with Crippen LogP contribution in [0.5, 0.6) is 0 Å². The zero-order valence-corrected chi connectivity index (χ0v) is 17.7. The number of aromatic nitrogens is 4. The van der Waals surface area contributed by atoms with Crippen LogP contribution >= 0.6 is 0 Å². The largest absolute Gasteiger partial charge is 0.451 e. The highest BCUT2D eigenvalue weighted by atomic mass is 16.5. The van der Waals surface area contributed by atoms with Crippen LogP contribution < -0.4 is 15.5 Å². The van der Waals surface area contributed by atoms with Gasteiger partial charge in [0.25, 0.3) is 0 Å². The number of hydrogen-bond acceptors (Lipinski definition) is 9. The lowest BCUT2D eigenvalue weighted by atomic mass is 10.2. The third-order valence-electron chi connectivity index (χ3n) is 5.25. The fourth-order valence-corrected chi connectivity index (χ4v) is 3.67. The highest BCUT2D eigenvalue weighted by Crippen LogP contribution is 2.31. The van der Waals surface area contributed by atoms with Gasteiger partial charge in [0, 0.05) is 25.2 Å². The number of aliphatic hydroxyl groups excluding tert-OH is 1. The molecule has 32 heavy (non-hydrogen) atoms. The number of morpholine rings is 1. The Balaban J connectivity index is 1.49. The van der Waals surface area contributed by atoms with Crippen LogP contribution in [0.15, 0.2) is 46.9 Å². The Bertz CT molecular complexity index is 1180. The first kappa shape index (κ1) is 20.4. The van der Waals surface area contributed by atoms with Crippen LogP contribution in [0, 0.1) is 0 Å². The van der Waals surface area contributed by atoms with Crippen LogP contribution in [-0.2, 0) is 4.74 Å². The zero-order valence-electron chi connectivity index (χ0n) is 17.7. The average Bonchev–Trinajstić information content (AvgIpc) is 3.47. The summed E-state index contributed by atoms with van der Waals surface area (Å²) in [6, 6.07) is 13.6. The second-order valence-corrected chi connectivity index (χ2v) is 7.45. The molecule has 5 rings (SSSR count). The molecule has 1 saturated heterocycles. The number of fused-ring (bicyclic) bond motifs is 1. The summed E-state index contributed by atoms with van der Waals surface area (Å²) < 4.78 is 11.4. The number of H-pyrrole nitrogens is 1. The van der Waals surface area contributed by atoms with E-state index in [1.165, 1.54) is 0 Å². The van der Waals surface area contributed by atoms with E-state index >= 15 is 0 Å². The molecule has 1 aliphatic rings. The minimum atomic E-state index is -0.914. The summed E-state index contributed by atoms with van der Waals surface area (Å²) in [5.41, 5.74) is 3.07. The molecule has 0 saturated carbocycles. The molecule has 1 fully saturated rings. The second-order valence-electron chi connectivity index (χ2n) is 7.45. The number of benzene rings is 1. The highest BCUT2D eigenvalue weighted by molar-refractivity contribution is 5.86. The lowest BCUT2D eigenvalue weighted by Gasteiger charge is -2.27. The van der Waals surface area contributed by atoms with Gasteiger partial charge in [0.15, 0.2) is 29.2 Å². The maximum atomic E-state index is 10.3. The Morgan fingerprint density at radius 3 is 2.75 bits per heavy atom. The van der Waals surface area contributed by atoms with Crippen LogP contribution in [0.1, 0.15) is 18.9 Å². The summed E-state index contributed by atoms with van der Waals surface area (Å²) in [5, 5.41) is 23.8. The van der Waals surface area contributed by atoms with Gasteiger partial charge in [-0.2, -0.15) is 10.1 Å². The van der Waals surface area contributed by atoms with Crippen molar-refractivity contribution in [3.63, 3.8) is 0 Å². The minimum Gasteiger partial charge on any atom is -0.451 e. The van der Waals surface area contributed by atoms with Gasteiger partial charge in [-0.1, -0.05) is 37.3 Å². The van der Waals surface area contributed by atoms with Crippen LogP contribution in [0.25, 0.3) is 22.4 Å². The average molecular weight is 435 g/mol. The number of nitrogens with one attached hydrogen (secondary N) is 3. The van der Waals surface area contributed by atoms with Crippen molar-refractivity contribution in [1.29, 1.82) is 0 Å². The molecule has 0 aliphatic carbocycles. The summed E-state index contributed by atoms with van der Waals surface area (Å²) in [4.78, 5) is 11.4. The van der Waals surface area contributed by atoms with Gasteiger partial charge < -0.3 is 24.5 Å². The molecule has 4 aromatic rings. The van der Waals surface area contributed by atoms with Crippen LogP contribution in [-0.4, -0.2) is 58.1 Å². The molecule has 1 aromatic carbocycles. The first-order valence-corrected chi connectivity index (χ1v) is 10.6. The maximum Gasteiger partial charge on any atom is 0.231 e. The molecule has 1 atom stereocenters. The van der Waals surface area contributed by atoms with E-state index in [0.717, 1.165) is 11.3 Å². The quantitative estimate of drug-likeness (QED) is 0.324. The predicted molar refractivity (Wildman–Crippen MR) is 121 cm³/mol. The summed E-state index contributed by atoms with van der Waals surface area (Å²) in [7, 11) is 0. The molecule has 0 spiro atoms. The predicted octanol–water partition coefficient (Wildman–Crippen LogP) is 2.79. The molecule has 4 heterocycles. The van der Waals surface area contributed by atoms with E-state index in [0.29, 0.717) is 67.3 Å². The molecule has 4 N–H and O–H groups in total. The highest BCUT2D eigenvalue weighted by Gasteiger charge is 2.23. The van der Waals surface area contributed by atoms with Gasteiger partial charge in [0.05, 0.1) is 18.9 Å². The van der Waals surface area contributed by atoms with Gasteiger partial charge in [0.2, 0.25) is 5.95 Å². The summed E-state index contributed by atoms with van der Waals surface area (Å²) in [6.07, 6.45) is -0.914. The second kappa shape index (κ2) is 8.95. The lowest BCUT2D eigenvalue weighted by molar-refractivity contribution is 0.117. The van der Waals surface area contributed by atoms with E-state index in [1.807, 2.05) is 43.3 Å². The zero-order chi connectivity index (χ0) is 21.9. The number of hydrogen-bond donors (Lipinski definition) is 4. The first-order chi connectivity index (χ1) is 15.7. The number of anilines is 3. The third kappa shape index (κ3) is 4.15. The monoisotopic (exact) mass is 435 g/mol. The van der Waals surface area contributed by atoms with Crippen molar-refractivity contribution in [3.8, 4) is 11.3 Å². The van der Waals surface area contributed by atoms with Crippen LogP contribution in [0.4, 0.5) is 17.6 Å². The van der Waals surface area contributed by atoms with E-state index in [-0.39, 0.29) is 0 Å². The Morgan fingerprint density at radius 1 is 1.16 bits per heavy atom. The topological polar surface area (TPSA) is 124 Å². The Labute approximate surface area is 184 Å².